The highest BCUT2D eigenvalue weighted by molar-refractivity contribution is 5.75. The van der Waals surface area contributed by atoms with E-state index in [0.29, 0.717) is 13.0 Å². The van der Waals surface area contributed by atoms with Crippen molar-refractivity contribution in [2.45, 2.75) is 45.6 Å². The van der Waals surface area contributed by atoms with Crippen LogP contribution in [0.1, 0.15) is 37.8 Å². The highest BCUT2D eigenvalue weighted by atomic mass is 16.3. The third-order valence-electron chi connectivity index (χ3n) is 2.83. The molecule has 1 aromatic rings. The largest absolute Gasteiger partial charge is 0.389 e. The molecule has 0 aliphatic rings. The molecule has 3 heteroatoms. The van der Waals surface area contributed by atoms with Crippen molar-refractivity contribution >= 4 is 5.91 Å². The van der Waals surface area contributed by atoms with Crippen LogP contribution in [0.5, 0.6) is 0 Å². The maximum atomic E-state index is 11.5. The normalized spacial score (nSPS) is 11.3. The summed E-state index contributed by atoms with van der Waals surface area (Å²) in [4.78, 5) is 11.5. The number of benzene rings is 1. The summed E-state index contributed by atoms with van der Waals surface area (Å²) in [6.07, 6.45) is 2.26. The summed E-state index contributed by atoms with van der Waals surface area (Å²) in [5, 5.41) is 12.2. The summed E-state index contributed by atoms with van der Waals surface area (Å²) in [6, 6.07) is 8.24. The Bertz CT molecular complexity index is 394. The number of aryl methyl sites for hydroxylation is 2. The molecule has 0 aliphatic heterocycles. The van der Waals surface area contributed by atoms with Gasteiger partial charge in [-0.05, 0) is 44.7 Å². The van der Waals surface area contributed by atoms with Gasteiger partial charge in [-0.25, -0.2) is 0 Å². The molecule has 0 aromatic heterocycles. The number of hydrogen-bond acceptors (Lipinski definition) is 2. The van der Waals surface area contributed by atoms with Gasteiger partial charge in [-0.1, -0.05) is 24.3 Å². The van der Waals surface area contributed by atoms with Crippen LogP contribution in [0.15, 0.2) is 24.3 Å². The van der Waals surface area contributed by atoms with Gasteiger partial charge in [0.15, 0.2) is 0 Å². The minimum atomic E-state index is -0.842. The highest BCUT2D eigenvalue weighted by Crippen LogP contribution is 2.10. The summed E-state index contributed by atoms with van der Waals surface area (Å²) in [5.41, 5.74) is 1.73. The van der Waals surface area contributed by atoms with Gasteiger partial charge < -0.3 is 10.4 Å². The monoisotopic (exact) mass is 249 g/mol. The van der Waals surface area contributed by atoms with Crippen molar-refractivity contribution in [1.82, 2.24) is 5.32 Å². The number of carbonyl (C=O) groups is 1. The zero-order chi connectivity index (χ0) is 13.6. The Balaban J connectivity index is 2.26. The second kappa shape index (κ2) is 6.55. The van der Waals surface area contributed by atoms with Crippen LogP contribution in [0.2, 0.25) is 0 Å². The Labute approximate surface area is 109 Å². The van der Waals surface area contributed by atoms with E-state index in [9.17, 15) is 9.90 Å². The van der Waals surface area contributed by atoms with E-state index in [1.54, 1.807) is 13.8 Å². The van der Waals surface area contributed by atoms with Crippen molar-refractivity contribution in [3.05, 3.63) is 35.4 Å². The van der Waals surface area contributed by atoms with Crippen molar-refractivity contribution in [2.24, 2.45) is 0 Å². The molecule has 0 bridgehead atoms. The first-order valence-electron chi connectivity index (χ1n) is 6.42. The van der Waals surface area contributed by atoms with Gasteiger partial charge in [0.05, 0.1) is 5.60 Å². The molecule has 0 radical (unpaired) electrons. The molecule has 1 amide bonds. The van der Waals surface area contributed by atoms with Gasteiger partial charge in [-0.15, -0.1) is 0 Å². The molecule has 0 atom stereocenters. The molecule has 0 fully saturated rings. The molecular formula is C15H23NO2. The number of nitrogens with one attached hydrogen (secondary N) is 1. The second-order valence-corrected chi connectivity index (χ2v) is 5.37. The Morgan fingerprint density at radius 3 is 2.61 bits per heavy atom. The number of amides is 1. The molecule has 1 rings (SSSR count). The molecule has 0 unspecified atom stereocenters. The van der Waals surface area contributed by atoms with Crippen molar-refractivity contribution < 1.29 is 9.90 Å². The van der Waals surface area contributed by atoms with E-state index in [4.69, 9.17) is 0 Å². The Hall–Kier alpha value is -1.35. The van der Waals surface area contributed by atoms with Crippen LogP contribution in [-0.4, -0.2) is 23.2 Å². The first-order chi connectivity index (χ1) is 8.38. The fraction of sp³-hybridized carbons (Fsp3) is 0.533. The van der Waals surface area contributed by atoms with Gasteiger partial charge >= 0.3 is 0 Å². The zero-order valence-electron chi connectivity index (χ0n) is 11.5. The van der Waals surface area contributed by atoms with Gasteiger partial charge in [-0.3, -0.25) is 4.79 Å². The van der Waals surface area contributed by atoms with Crippen LogP contribution in [0.4, 0.5) is 0 Å². The molecular weight excluding hydrogens is 226 g/mol. The Kier molecular flexibility index (Phi) is 5.35. The third-order valence-corrected chi connectivity index (χ3v) is 2.83. The number of carbonyl (C=O) groups excluding carboxylic acids is 1. The van der Waals surface area contributed by atoms with E-state index in [0.717, 1.165) is 12.8 Å². The van der Waals surface area contributed by atoms with Crippen molar-refractivity contribution in [2.75, 3.05) is 6.54 Å². The predicted octanol–water partition coefficient (Wildman–Crippen LogP) is 2.20. The van der Waals surface area contributed by atoms with E-state index >= 15 is 0 Å². The van der Waals surface area contributed by atoms with E-state index in [1.165, 1.54) is 11.1 Å². The second-order valence-electron chi connectivity index (χ2n) is 5.37. The molecule has 0 spiro atoms. The number of hydrogen-bond donors (Lipinski definition) is 2. The highest BCUT2D eigenvalue weighted by Gasteiger charge is 2.13. The van der Waals surface area contributed by atoms with Crippen molar-refractivity contribution in [1.29, 1.82) is 0 Å². The van der Waals surface area contributed by atoms with Crippen LogP contribution >= 0.6 is 0 Å². The lowest BCUT2D eigenvalue weighted by molar-refractivity contribution is -0.122. The molecule has 2 N–H and O–H groups in total. The van der Waals surface area contributed by atoms with Gasteiger partial charge in [-0.2, -0.15) is 0 Å². The first kappa shape index (κ1) is 14.7. The maximum Gasteiger partial charge on any atom is 0.220 e. The molecule has 18 heavy (non-hydrogen) atoms. The smallest absolute Gasteiger partial charge is 0.220 e. The molecule has 0 heterocycles. The molecule has 0 saturated heterocycles. The molecule has 0 saturated carbocycles. The lowest BCUT2D eigenvalue weighted by Crippen LogP contribution is -2.38. The number of rotatable bonds is 6. The first-order valence-corrected chi connectivity index (χ1v) is 6.42. The fourth-order valence-electron chi connectivity index (χ4n) is 1.73. The summed E-state index contributed by atoms with van der Waals surface area (Å²) in [7, 11) is 0. The van der Waals surface area contributed by atoms with E-state index in [-0.39, 0.29) is 5.91 Å². The van der Waals surface area contributed by atoms with Crippen LogP contribution in [0.3, 0.4) is 0 Å². The predicted molar refractivity (Wildman–Crippen MR) is 73.4 cm³/mol. The SMILES string of the molecule is Cc1ccccc1CCCC(=O)NCC(C)(C)O. The lowest BCUT2D eigenvalue weighted by atomic mass is 10.0. The third kappa shape index (κ3) is 5.82. The average molecular weight is 249 g/mol. The van der Waals surface area contributed by atoms with Crippen LogP contribution < -0.4 is 5.32 Å². The Morgan fingerprint density at radius 2 is 2.00 bits per heavy atom. The number of aliphatic hydroxyl groups is 1. The van der Waals surface area contributed by atoms with Gasteiger partial charge in [0.25, 0.3) is 0 Å². The van der Waals surface area contributed by atoms with Crippen LogP contribution in [0.25, 0.3) is 0 Å². The quantitative estimate of drug-likeness (QED) is 0.812. The molecule has 0 aliphatic carbocycles. The lowest BCUT2D eigenvalue weighted by Gasteiger charge is -2.17. The van der Waals surface area contributed by atoms with Gasteiger partial charge in [0.2, 0.25) is 5.91 Å². The van der Waals surface area contributed by atoms with E-state index < -0.39 is 5.60 Å². The molecule has 1 aromatic carbocycles. The van der Waals surface area contributed by atoms with Crippen molar-refractivity contribution in [3.8, 4) is 0 Å². The molecule has 100 valence electrons. The summed E-state index contributed by atoms with van der Waals surface area (Å²) in [5.74, 6) is 0.00529. The summed E-state index contributed by atoms with van der Waals surface area (Å²) in [6.45, 7) is 5.75. The minimum Gasteiger partial charge on any atom is -0.389 e. The van der Waals surface area contributed by atoms with E-state index in [1.807, 2.05) is 12.1 Å². The fourth-order valence-corrected chi connectivity index (χ4v) is 1.73. The average Bonchev–Trinajstić information content (AvgIpc) is 2.28. The minimum absolute atomic E-state index is 0.00529. The van der Waals surface area contributed by atoms with Gasteiger partial charge in [0.1, 0.15) is 0 Å². The zero-order valence-corrected chi connectivity index (χ0v) is 11.5. The van der Waals surface area contributed by atoms with Crippen molar-refractivity contribution in [3.63, 3.8) is 0 Å². The Morgan fingerprint density at radius 1 is 1.33 bits per heavy atom. The van der Waals surface area contributed by atoms with E-state index in [2.05, 4.69) is 24.4 Å². The topological polar surface area (TPSA) is 49.3 Å². The summed E-state index contributed by atoms with van der Waals surface area (Å²) < 4.78 is 0. The summed E-state index contributed by atoms with van der Waals surface area (Å²) >= 11 is 0. The van der Waals surface area contributed by atoms with Gasteiger partial charge in [0, 0.05) is 13.0 Å². The van der Waals surface area contributed by atoms with Crippen LogP contribution in [0, 0.1) is 6.92 Å². The maximum absolute atomic E-state index is 11.5. The standard InChI is InChI=1S/C15H23NO2/c1-12-7-4-5-8-13(12)9-6-10-14(17)16-11-15(2,3)18/h4-5,7-8,18H,6,9-11H2,1-3H3,(H,16,17). The van der Waals surface area contributed by atoms with Crippen LogP contribution in [-0.2, 0) is 11.2 Å². The molecule has 3 nitrogen and oxygen atoms in total.